The van der Waals surface area contributed by atoms with Gasteiger partial charge in [-0.3, -0.25) is 4.79 Å². The second kappa shape index (κ2) is 12.8. The Hall–Kier alpha value is -3.55. The van der Waals surface area contributed by atoms with Gasteiger partial charge in [-0.1, -0.05) is 56.3 Å². The lowest BCUT2D eigenvalue weighted by atomic mass is 9.87. The maximum absolute atomic E-state index is 12.6. The molecule has 4 atom stereocenters. The minimum atomic E-state index is -0.870. The first-order chi connectivity index (χ1) is 18.3. The third-order valence-corrected chi connectivity index (χ3v) is 7.02. The number of hydrogen-bond acceptors (Lipinski definition) is 6. The number of nitrogens with zero attached hydrogens (tertiary/aromatic N) is 2. The van der Waals surface area contributed by atoms with Gasteiger partial charge in [0, 0.05) is 31.8 Å². The van der Waals surface area contributed by atoms with Crippen molar-refractivity contribution in [2.24, 2.45) is 16.8 Å². The number of aliphatic carboxylic acids is 1. The lowest BCUT2D eigenvalue weighted by molar-refractivity contribution is -0.138. The summed E-state index contributed by atoms with van der Waals surface area (Å²) < 4.78 is 17.4. The van der Waals surface area contributed by atoms with Gasteiger partial charge in [-0.25, -0.2) is 9.79 Å². The van der Waals surface area contributed by atoms with Gasteiger partial charge in [-0.2, -0.15) is 0 Å². The molecule has 1 saturated heterocycles. The highest BCUT2D eigenvalue weighted by molar-refractivity contribution is 5.80. The quantitative estimate of drug-likeness (QED) is 0.437. The second-order valence-corrected chi connectivity index (χ2v) is 10.6. The van der Waals surface area contributed by atoms with Gasteiger partial charge in [0.2, 0.25) is 0 Å². The van der Waals surface area contributed by atoms with E-state index in [0.717, 1.165) is 23.6 Å². The highest BCUT2D eigenvalue weighted by Gasteiger charge is 2.38. The molecule has 0 aromatic heterocycles. The average molecular weight is 523 g/mol. The number of carboxylic acids is 1. The number of ether oxygens (including phenoxy) is 3. The minimum Gasteiger partial charge on any atom is -0.494 e. The number of aliphatic imine (C=N–C) groups is 1. The van der Waals surface area contributed by atoms with Crippen LogP contribution in [0.2, 0.25) is 0 Å². The smallest absolute Gasteiger partial charge is 0.409 e. The Morgan fingerprint density at radius 3 is 2.66 bits per heavy atom. The van der Waals surface area contributed by atoms with Gasteiger partial charge in [0.05, 0.1) is 25.7 Å². The number of carboxylic acid groups (broad SMARTS) is 1. The van der Waals surface area contributed by atoms with Crippen molar-refractivity contribution in [2.75, 3.05) is 26.3 Å². The average Bonchev–Trinajstić information content (AvgIpc) is 3.46. The molecule has 1 fully saturated rings. The van der Waals surface area contributed by atoms with Crippen LogP contribution in [0.1, 0.15) is 50.7 Å². The van der Waals surface area contributed by atoms with E-state index < -0.39 is 5.97 Å². The normalized spacial score (nSPS) is 22.7. The van der Waals surface area contributed by atoms with E-state index in [1.54, 1.807) is 4.90 Å². The molecule has 2 unspecified atom stereocenters. The summed E-state index contributed by atoms with van der Waals surface area (Å²) in [5.41, 5.74) is 2.14. The molecule has 0 bridgehead atoms. The SMILES string of the molecule is CC(C)COC(=O)N1C[C@H](CC(=O)O)[C@H](c2cccc(OCCC3N=C(Cc4ccccc4)OC3C)c2)C1. The predicted molar refractivity (Wildman–Crippen MR) is 145 cm³/mol. The summed E-state index contributed by atoms with van der Waals surface area (Å²) in [5.74, 6) is 0.555. The number of carbonyl (C=O) groups excluding carboxylic acids is 1. The van der Waals surface area contributed by atoms with Gasteiger partial charge in [0.15, 0.2) is 5.90 Å². The molecule has 2 aliphatic rings. The topological polar surface area (TPSA) is 97.7 Å². The molecule has 204 valence electrons. The number of likely N-dealkylation sites (tertiary alicyclic amines) is 1. The van der Waals surface area contributed by atoms with Crippen molar-refractivity contribution in [3.8, 4) is 5.75 Å². The van der Waals surface area contributed by atoms with Crippen LogP contribution in [0.25, 0.3) is 0 Å². The molecular formula is C30H38N2O6. The Kier molecular flexibility index (Phi) is 9.26. The van der Waals surface area contributed by atoms with Crippen LogP contribution < -0.4 is 4.74 Å². The lowest BCUT2D eigenvalue weighted by Crippen LogP contribution is -2.30. The Morgan fingerprint density at radius 1 is 1.13 bits per heavy atom. The second-order valence-electron chi connectivity index (χ2n) is 10.6. The highest BCUT2D eigenvalue weighted by atomic mass is 16.6. The fraction of sp³-hybridized carbons (Fsp3) is 0.500. The maximum atomic E-state index is 12.6. The number of hydrogen-bond donors (Lipinski definition) is 1. The zero-order valence-corrected chi connectivity index (χ0v) is 22.4. The van der Waals surface area contributed by atoms with Crippen molar-refractivity contribution in [1.82, 2.24) is 4.90 Å². The van der Waals surface area contributed by atoms with Crippen molar-refractivity contribution >= 4 is 18.0 Å². The first-order valence-electron chi connectivity index (χ1n) is 13.4. The zero-order valence-electron chi connectivity index (χ0n) is 22.4. The maximum Gasteiger partial charge on any atom is 0.409 e. The fourth-order valence-corrected chi connectivity index (χ4v) is 5.06. The van der Waals surface area contributed by atoms with Gasteiger partial charge < -0.3 is 24.2 Å². The van der Waals surface area contributed by atoms with E-state index in [1.165, 1.54) is 5.56 Å². The minimum absolute atomic E-state index is 0.000321. The van der Waals surface area contributed by atoms with Crippen molar-refractivity contribution in [1.29, 1.82) is 0 Å². The molecule has 2 aromatic carbocycles. The van der Waals surface area contributed by atoms with Crippen molar-refractivity contribution in [3.05, 3.63) is 65.7 Å². The summed E-state index contributed by atoms with van der Waals surface area (Å²) in [6, 6.07) is 17.9. The number of rotatable bonds is 11. The first-order valence-corrected chi connectivity index (χ1v) is 13.4. The van der Waals surface area contributed by atoms with E-state index in [9.17, 15) is 14.7 Å². The summed E-state index contributed by atoms with van der Waals surface area (Å²) in [6.07, 6.45) is 1.02. The first kappa shape index (κ1) is 27.5. The molecule has 0 aliphatic carbocycles. The van der Waals surface area contributed by atoms with E-state index >= 15 is 0 Å². The van der Waals surface area contributed by atoms with E-state index in [2.05, 4.69) is 12.1 Å². The molecule has 2 aliphatic heterocycles. The highest BCUT2D eigenvalue weighted by Crippen LogP contribution is 2.36. The van der Waals surface area contributed by atoms with E-state index in [-0.39, 0.29) is 42.4 Å². The van der Waals surface area contributed by atoms with Crippen molar-refractivity contribution in [2.45, 2.75) is 58.1 Å². The van der Waals surface area contributed by atoms with E-state index in [0.29, 0.717) is 32.7 Å². The zero-order chi connectivity index (χ0) is 27.1. The van der Waals surface area contributed by atoms with E-state index in [1.807, 2.05) is 63.2 Å². The van der Waals surface area contributed by atoms with Crippen LogP contribution in [0.5, 0.6) is 5.75 Å². The molecule has 2 heterocycles. The molecule has 1 N–H and O–H groups in total. The Labute approximate surface area is 224 Å². The summed E-state index contributed by atoms with van der Waals surface area (Å²) in [5, 5.41) is 9.46. The monoisotopic (exact) mass is 522 g/mol. The third kappa shape index (κ3) is 7.49. The van der Waals surface area contributed by atoms with Crippen LogP contribution in [-0.4, -0.2) is 66.4 Å². The molecule has 0 radical (unpaired) electrons. The Balaban J connectivity index is 1.34. The molecule has 0 saturated carbocycles. The Bertz CT molecular complexity index is 1120. The van der Waals surface area contributed by atoms with Gasteiger partial charge >= 0.3 is 12.1 Å². The third-order valence-electron chi connectivity index (χ3n) is 7.02. The molecular weight excluding hydrogens is 484 g/mol. The molecule has 4 rings (SSSR count). The molecule has 1 amide bonds. The van der Waals surface area contributed by atoms with E-state index in [4.69, 9.17) is 19.2 Å². The number of benzene rings is 2. The summed E-state index contributed by atoms with van der Waals surface area (Å²) in [7, 11) is 0. The Morgan fingerprint density at radius 2 is 1.92 bits per heavy atom. The standard InChI is InChI=1S/C30H38N2O6/c1-20(2)19-37-30(35)32-17-24(16-29(33)34)26(18-32)23-10-7-11-25(15-23)36-13-12-27-21(3)38-28(31-27)14-22-8-5-4-6-9-22/h4-11,15,20-21,24,26-27H,12-14,16-19H2,1-3H3,(H,33,34)/t21?,24-,26-,27?/m0/s1. The van der Waals surface area contributed by atoms with Crippen LogP contribution in [0.15, 0.2) is 59.6 Å². The van der Waals surface area contributed by atoms with Crippen LogP contribution in [-0.2, 0) is 20.7 Å². The number of carbonyl (C=O) groups is 2. The predicted octanol–water partition coefficient (Wildman–Crippen LogP) is 5.17. The van der Waals surface area contributed by atoms with Gasteiger partial charge in [-0.15, -0.1) is 0 Å². The van der Waals surface area contributed by atoms with Gasteiger partial charge in [0.25, 0.3) is 0 Å². The molecule has 8 heteroatoms. The lowest BCUT2D eigenvalue weighted by Gasteiger charge is -2.18. The van der Waals surface area contributed by atoms with Gasteiger partial charge in [-0.05, 0) is 42.0 Å². The van der Waals surface area contributed by atoms with Crippen molar-refractivity contribution < 1.29 is 28.9 Å². The van der Waals surface area contributed by atoms with Crippen molar-refractivity contribution in [3.63, 3.8) is 0 Å². The molecule has 0 spiro atoms. The number of amides is 1. The van der Waals surface area contributed by atoms with Crippen LogP contribution in [0.3, 0.4) is 0 Å². The summed E-state index contributed by atoms with van der Waals surface area (Å²) >= 11 is 0. The summed E-state index contributed by atoms with van der Waals surface area (Å²) in [6.45, 7) is 7.62. The fourth-order valence-electron chi connectivity index (χ4n) is 5.06. The van der Waals surface area contributed by atoms with Gasteiger partial charge in [0.1, 0.15) is 11.9 Å². The molecule has 2 aromatic rings. The molecule has 8 nitrogen and oxygen atoms in total. The van der Waals surface area contributed by atoms with Crippen LogP contribution >= 0.6 is 0 Å². The van der Waals surface area contributed by atoms with Crippen LogP contribution in [0.4, 0.5) is 4.79 Å². The molecule has 38 heavy (non-hydrogen) atoms. The summed E-state index contributed by atoms with van der Waals surface area (Å²) in [4.78, 5) is 30.5. The van der Waals surface area contributed by atoms with Crippen LogP contribution in [0, 0.1) is 11.8 Å². The largest absolute Gasteiger partial charge is 0.494 e.